The minimum atomic E-state index is 0.0985. The third-order valence-corrected chi connectivity index (χ3v) is 7.61. The molecule has 0 aliphatic heterocycles. The van der Waals surface area contributed by atoms with Crippen LogP contribution < -0.4 is 5.43 Å². The molecule has 4 rings (SSSR count). The molecule has 4 heteroatoms. The van der Waals surface area contributed by atoms with Crippen LogP contribution in [0.25, 0.3) is 20.5 Å². The summed E-state index contributed by atoms with van der Waals surface area (Å²) >= 11 is 3.30. The summed E-state index contributed by atoms with van der Waals surface area (Å²) < 4.78 is 1.07. The molecule has 1 aliphatic rings. The third-order valence-electron chi connectivity index (χ3n) is 5.16. The Morgan fingerprint density at radius 3 is 2.76 bits per heavy atom. The van der Waals surface area contributed by atoms with E-state index in [0.717, 1.165) is 50.2 Å². The maximum atomic E-state index is 12.9. The predicted molar refractivity (Wildman–Crippen MR) is 107 cm³/mol. The molecular formula is C21H20O2S2. The Bertz CT molecular complexity index is 1030. The molecule has 0 saturated heterocycles. The van der Waals surface area contributed by atoms with Crippen LogP contribution in [0.2, 0.25) is 0 Å². The Hall–Kier alpha value is -1.78. The minimum Gasteiger partial charge on any atom is -0.294 e. The van der Waals surface area contributed by atoms with Crippen molar-refractivity contribution in [3.05, 3.63) is 55.9 Å². The Morgan fingerprint density at radius 2 is 2.04 bits per heavy atom. The zero-order valence-corrected chi connectivity index (χ0v) is 16.1. The van der Waals surface area contributed by atoms with Gasteiger partial charge in [0.25, 0.3) is 0 Å². The molecule has 0 saturated carbocycles. The molecule has 25 heavy (non-hydrogen) atoms. The van der Waals surface area contributed by atoms with Crippen molar-refractivity contribution in [2.24, 2.45) is 5.92 Å². The first kappa shape index (κ1) is 16.7. The predicted octanol–water partition coefficient (Wildman–Crippen LogP) is 5.71. The molecular weight excluding hydrogens is 348 g/mol. The molecule has 0 amide bonds. The molecule has 1 unspecified atom stereocenters. The van der Waals surface area contributed by atoms with Gasteiger partial charge in [-0.25, -0.2) is 0 Å². The summed E-state index contributed by atoms with van der Waals surface area (Å²) in [4.78, 5) is 27.5. The Morgan fingerprint density at radius 1 is 1.20 bits per heavy atom. The van der Waals surface area contributed by atoms with Crippen LogP contribution in [0.4, 0.5) is 0 Å². The van der Waals surface area contributed by atoms with E-state index in [1.54, 1.807) is 18.3 Å². The van der Waals surface area contributed by atoms with Crippen LogP contribution in [0.1, 0.15) is 46.8 Å². The maximum Gasteiger partial charge on any atom is 0.191 e. The Balaban J connectivity index is 1.82. The Labute approximate surface area is 155 Å². The summed E-state index contributed by atoms with van der Waals surface area (Å²) in [7, 11) is 0. The fourth-order valence-corrected chi connectivity index (χ4v) is 5.85. The fraction of sp³-hybridized carbons (Fsp3) is 0.333. The van der Waals surface area contributed by atoms with Crippen LogP contribution in [0.3, 0.4) is 0 Å². The zero-order valence-electron chi connectivity index (χ0n) is 14.4. The average Bonchev–Trinajstić information content (AvgIpc) is 3.11. The van der Waals surface area contributed by atoms with Crippen molar-refractivity contribution in [3.8, 4) is 10.4 Å². The summed E-state index contributed by atoms with van der Waals surface area (Å²) in [5.74, 6) is 0.806. The second kappa shape index (κ2) is 6.50. The molecule has 1 aromatic carbocycles. The van der Waals surface area contributed by atoms with Gasteiger partial charge in [-0.3, -0.25) is 9.59 Å². The van der Waals surface area contributed by atoms with Gasteiger partial charge in [-0.15, -0.1) is 22.7 Å². The van der Waals surface area contributed by atoms with Gasteiger partial charge in [0.05, 0.1) is 4.88 Å². The summed E-state index contributed by atoms with van der Waals surface area (Å²) in [6.07, 6.45) is 4.28. The summed E-state index contributed by atoms with van der Waals surface area (Å²) in [6, 6.07) is 9.97. The summed E-state index contributed by atoms with van der Waals surface area (Å²) in [5, 5.41) is 0.839. The lowest BCUT2D eigenvalue weighted by Gasteiger charge is -2.22. The van der Waals surface area contributed by atoms with Gasteiger partial charge < -0.3 is 0 Å². The van der Waals surface area contributed by atoms with E-state index < -0.39 is 0 Å². The van der Waals surface area contributed by atoms with Crippen molar-refractivity contribution in [1.29, 1.82) is 0 Å². The zero-order chi connectivity index (χ0) is 17.6. The van der Waals surface area contributed by atoms with E-state index in [1.807, 2.05) is 24.3 Å². The van der Waals surface area contributed by atoms with Crippen LogP contribution in [0.15, 0.2) is 35.1 Å². The monoisotopic (exact) mass is 368 g/mol. The minimum absolute atomic E-state index is 0.0985. The number of hydrogen-bond donors (Lipinski definition) is 0. The van der Waals surface area contributed by atoms with Gasteiger partial charge in [-0.05, 0) is 61.9 Å². The number of ketones is 1. The molecule has 0 radical (unpaired) electrons. The highest BCUT2D eigenvalue weighted by molar-refractivity contribution is 7.19. The highest BCUT2D eigenvalue weighted by Gasteiger charge is 2.22. The highest BCUT2D eigenvalue weighted by Crippen LogP contribution is 2.35. The molecule has 2 aromatic heterocycles. The van der Waals surface area contributed by atoms with E-state index >= 15 is 0 Å². The third kappa shape index (κ3) is 2.98. The fourth-order valence-electron chi connectivity index (χ4n) is 3.59. The first-order chi connectivity index (χ1) is 12.1. The lowest BCUT2D eigenvalue weighted by Crippen LogP contribution is -2.20. The van der Waals surface area contributed by atoms with Crippen molar-refractivity contribution in [3.63, 3.8) is 0 Å². The lowest BCUT2D eigenvalue weighted by molar-refractivity contribution is 0.102. The molecule has 0 fully saturated rings. The van der Waals surface area contributed by atoms with Crippen molar-refractivity contribution >= 4 is 38.5 Å². The number of hydrogen-bond acceptors (Lipinski definition) is 4. The van der Waals surface area contributed by atoms with Crippen molar-refractivity contribution in [2.75, 3.05) is 0 Å². The first-order valence-corrected chi connectivity index (χ1v) is 10.4. The van der Waals surface area contributed by atoms with Crippen LogP contribution in [0, 0.1) is 5.92 Å². The molecule has 1 atom stereocenters. The van der Waals surface area contributed by atoms with Gasteiger partial charge in [0, 0.05) is 25.4 Å². The van der Waals surface area contributed by atoms with E-state index in [-0.39, 0.29) is 11.2 Å². The van der Waals surface area contributed by atoms with Crippen molar-refractivity contribution in [2.45, 2.75) is 39.5 Å². The SMILES string of the molecule is CCC1CCc2c(sc3cc(-c4ccc(C(C)=O)s4)ccc3c2=O)C1. The molecule has 0 bridgehead atoms. The number of fused-ring (bicyclic) bond motifs is 2. The van der Waals surface area contributed by atoms with Gasteiger partial charge in [0.15, 0.2) is 11.2 Å². The quantitative estimate of drug-likeness (QED) is 0.555. The van der Waals surface area contributed by atoms with E-state index in [4.69, 9.17) is 0 Å². The Kier molecular flexibility index (Phi) is 4.34. The van der Waals surface area contributed by atoms with Crippen molar-refractivity contribution in [1.82, 2.24) is 0 Å². The molecule has 1 aliphatic carbocycles. The molecule has 0 spiro atoms. The lowest BCUT2D eigenvalue weighted by atomic mass is 9.86. The second-order valence-electron chi connectivity index (χ2n) is 6.78. The van der Waals surface area contributed by atoms with Crippen LogP contribution in [0.5, 0.6) is 0 Å². The van der Waals surface area contributed by atoms with Gasteiger partial charge in [-0.1, -0.05) is 19.4 Å². The van der Waals surface area contributed by atoms with Crippen LogP contribution >= 0.6 is 22.7 Å². The number of carbonyl (C=O) groups is 1. The van der Waals surface area contributed by atoms with E-state index in [9.17, 15) is 9.59 Å². The number of benzene rings is 1. The first-order valence-electron chi connectivity index (χ1n) is 8.76. The normalized spacial score (nSPS) is 16.8. The summed E-state index contributed by atoms with van der Waals surface area (Å²) in [6.45, 7) is 3.83. The molecule has 2 nitrogen and oxygen atoms in total. The smallest absolute Gasteiger partial charge is 0.191 e. The van der Waals surface area contributed by atoms with E-state index in [0.29, 0.717) is 5.92 Å². The molecule has 3 aromatic rings. The number of Topliss-reactive ketones (excluding diaryl/α,β-unsaturated/α-hetero) is 1. The number of rotatable bonds is 3. The molecule has 128 valence electrons. The van der Waals surface area contributed by atoms with Gasteiger partial charge >= 0.3 is 0 Å². The van der Waals surface area contributed by atoms with E-state index in [1.165, 1.54) is 22.6 Å². The van der Waals surface area contributed by atoms with Crippen LogP contribution in [-0.2, 0) is 12.8 Å². The standard InChI is InChI=1S/C21H20O2S2/c1-3-13-4-6-15-19(10-13)25-20-11-14(5-7-16(20)21(15)23)18-9-8-17(24-18)12(2)22/h5,7-9,11,13H,3-4,6,10H2,1-2H3. The number of thiophene rings is 1. The van der Waals surface area contributed by atoms with E-state index in [2.05, 4.69) is 13.0 Å². The number of carbonyl (C=O) groups excluding carboxylic acids is 1. The largest absolute Gasteiger partial charge is 0.294 e. The molecule has 0 N–H and O–H groups in total. The van der Waals surface area contributed by atoms with Gasteiger partial charge in [0.1, 0.15) is 0 Å². The highest BCUT2D eigenvalue weighted by atomic mass is 32.1. The average molecular weight is 369 g/mol. The van der Waals surface area contributed by atoms with Gasteiger partial charge in [0.2, 0.25) is 0 Å². The second-order valence-corrected chi connectivity index (χ2v) is 9.00. The van der Waals surface area contributed by atoms with Gasteiger partial charge in [-0.2, -0.15) is 0 Å². The topological polar surface area (TPSA) is 34.1 Å². The maximum absolute atomic E-state index is 12.9. The molecule has 2 heterocycles. The van der Waals surface area contributed by atoms with Crippen molar-refractivity contribution < 1.29 is 4.79 Å². The summed E-state index contributed by atoms with van der Waals surface area (Å²) in [5.41, 5.74) is 2.36. The van der Waals surface area contributed by atoms with Crippen LogP contribution in [-0.4, -0.2) is 5.78 Å².